The number of nitrogens with zero attached hydrogens (tertiary/aromatic N) is 3. The highest BCUT2D eigenvalue weighted by molar-refractivity contribution is 7.90. The van der Waals surface area contributed by atoms with Crippen molar-refractivity contribution in [1.82, 2.24) is 14.5 Å². The molecule has 5 rings (SSSR count). The van der Waals surface area contributed by atoms with Crippen LogP contribution in [0.15, 0.2) is 53.8 Å². The van der Waals surface area contributed by atoms with Crippen LogP contribution in [0.5, 0.6) is 0 Å². The van der Waals surface area contributed by atoms with Crippen LogP contribution in [0.3, 0.4) is 0 Å². The SMILES string of the molecule is O=C(c1ccc(Cl)cc1Cl)N(Cc1cnc(S(=O)(=O)Cc2ccc(F)cc2)n1C[C@H]1CCCO1)CC1CC1. The zero-order valence-electron chi connectivity index (χ0n) is 20.7. The highest BCUT2D eigenvalue weighted by Crippen LogP contribution is 2.32. The third-order valence-electron chi connectivity index (χ3n) is 6.84. The maximum Gasteiger partial charge on any atom is 0.255 e. The summed E-state index contributed by atoms with van der Waals surface area (Å²) in [4.78, 5) is 19.6. The molecule has 1 aliphatic carbocycles. The summed E-state index contributed by atoms with van der Waals surface area (Å²) in [5, 5.41) is 0.611. The zero-order chi connectivity index (χ0) is 26.9. The number of hydrogen-bond acceptors (Lipinski definition) is 5. The molecule has 3 aromatic rings. The minimum atomic E-state index is -3.87. The molecule has 202 valence electrons. The van der Waals surface area contributed by atoms with E-state index in [0.717, 1.165) is 25.7 Å². The molecule has 7 nitrogen and oxygen atoms in total. The van der Waals surface area contributed by atoms with Gasteiger partial charge in [-0.05, 0) is 67.5 Å². The molecule has 38 heavy (non-hydrogen) atoms. The minimum absolute atomic E-state index is 0.0873. The van der Waals surface area contributed by atoms with E-state index < -0.39 is 15.7 Å². The van der Waals surface area contributed by atoms with Crippen molar-refractivity contribution < 1.29 is 22.3 Å². The lowest BCUT2D eigenvalue weighted by atomic mass is 10.1. The molecule has 0 spiro atoms. The maximum atomic E-state index is 13.6. The molecule has 1 saturated heterocycles. The van der Waals surface area contributed by atoms with Crippen LogP contribution in [-0.2, 0) is 33.4 Å². The molecule has 1 atom stereocenters. The molecule has 0 N–H and O–H groups in total. The summed E-state index contributed by atoms with van der Waals surface area (Å²) in [5.74, 6) is -0.615. The molecule has 1 aromatic heterocycles. The van der Waals surface area contributed by atoms with E-state index in [9.17, 15) is 17.6 Å². The Hall–Kier alpha value is -2.46. The molecule has 2 aromatic carbocycles. The third-order valence-corrected chi connectivity index (χ3v) is 8.98. The van der Waals surface area contributed by atoms with Crippen molar-refractivity contribution in [2.45, 2.75) is 55.8 Å². The van der Waals surface area contributed by atoms with E-state index in [1.165, 1.54) is 36.5 Å². The van der Waals surface area contributed by atoms with Crippen molar-refractivity contribution >= 4 is 38.9 Å². The molecule has 0 unspecified atom stereocenters. The quantitative estimate of drug-likeness (QED) is 0.315. The Labute approximate surface area is 231 Å². The van der Waals surface area contributed by atoms with Gasteiger partial charge in [-0.2, -0.15) is 0 Å². The number of halogens is 3. The predicted molar refractivity (Wildman–Crippen MR) is 142 cm³/mol. The van der Waals surface area contributed by atoms with E-state index >= 15 is 0 Å². The smallest absolute Gasteiger partial charge is 0.255 e. The Morgan fingerprint density at radius 2 is 1.89 bits per heavy atom. The molecule has 1 saturated carbocycles. The largest absolute Gasteiger partial charge is 0.376 e. The topological polar surface area (TPSA) is 81.5 Å². The first-order valence-electron chi connectivity index (χ1n) is 12.6. The fourth-order valence-electron chi connectivity index (χ4n) is 4.68. The second-order valence-electron chi connectivity index (χ2n) is 9.92. The van der Waals surface area contributed by atoms with Crippen LogP contribution in [0.1, 0.15) is 47.3 Å². The molecule has 1 aliphatic heterocycles. The lowest BCUT2D eigenvalue weighted by Gasteiger charge is -2.25. The molecule has 2 aliphatic rings. The van der Waals surface area contributed by atoms with Gasteiger partial charge < -0.3 is 14.2 Å². The van der Waals surface area contributed by atoms with Gasteiger partial charge in [-0.15, -0.1) is 0 Å². The number of aromatic nitrogens is 2. The van der Waals surface area contributed by atoms with Crippen LogP contribution in [0, 0.1) is 11.7 Å². The minimum Gasteiger partial charge on any atom is -0.376 e. The van der Waals surface area contributed by atoms with Gasteiger partial charge in [-0.1, -0.05) is 35.3 Å². The molecular weight excluding hydrogens is 552 g/mol. The first kappa shape index (κ1) is 27.1. The number of amides is 1. The van der Waals surface area contributed by atoms with Gasteiger partial charge in [0, 0.05) is 18.2 Å². The Bertz CT molecular complexity index is 1420. The van der Waals surface area contributed by atoms with Gasteiger partial charge >= 0.3 is 0 Å². The highest BCUT2D eigenvalue weighted by Gasteiger charge is 2.31. The van der Waals surface area contributed by atoms with Crippen molar-refractivity contribution in [3.63, 3.8) is 0 Å². The Morgan fingerprint density at radius 3 is 2.55 bits per heavy atom. The van der Waals surface area contributed by atoms with Gasteiger partial charge in [0.2, 0.25) is 15.0 Å². The number of carbonyl (C=O) groups is 1. The summed E-state index contributed by atoms with van der Waals surface area (Å²) in [6, 6.07) is 10.1. The van der Waals surface area contributed by atoms with Gasteiger partial charge in [0.25, 0.3) is 5.91 Å². The van der Waals surface area contributed by atoms with Crippen molar-refractivity contribution in [2.24, 2.45) is 5.92 Å². The fraction of sp³-hybridized carbons (Fsp3) is 0.407. The van der Waals surface area contributed by atoms with Crippen molar-refractivity contribution in [1.29, 1.82) is 0 Å². The second-order valence-corrected chi connectivity index (χ2v) is 12.6. The Kier molecular flexibility index (Phi) is 8.09. The molecule has 11 heteroatoms. The number of ether oxygens (including phenoxy) is 1. The van der Waals surface area contributed by atoms with Gasteiger partial charge in [-0.25, -0.2) is 17.8 Å². The first-order chi connectivity index (χ1) is 18.2. The van der Waals surface area contributed by atoms with Gasteiger partial charge in [0.05, 0.1) is 47.4 Å². The fourth-order valence-corrected chi connectivity index (χ4v) is 6.67. The summed E-state index contributed by atoms with van der Waals surface area (Å²) in [5.41, 5.74) is 1.39. The maximum absolute atomic E-state index is 13.6. The van der Waals surface area contributed by atoms with Crippen LogP contribution in [0.25, 0.3) is 0 Å². The van der Waals surface area contributed by atoms with Crippen LogP contribution in [0.2, 0.25) is 10.0 Å². The predicted octanol–water partition coefficient (Wildman–Crippen LogP) is 5.53. The lowest BCUT2D eigenvalue weighted by Crippen LogP contribution is -2.34. The van der Waals surface area contributed by atoms with Crippen molar-refractivity contribution in [2.75, 3.05) is 13.2 Å². The van der Waals surface area contributed by atoms with E-state index in [2.05, 4.69) is 4.98 Å². The summed E-state index contributed by atoms with van der Waals surface area (Å²) in [6.07, 6.45) is 5.13. The molecule has 2 heterocycles. The van der Waals surface area contributed by atoms with E-state index in [1.807, 2.05) is 0 Å². The normalized spacial score (nSPS) is 17.6. The summed E-state index contributed by atoms with van der Waals surface area (Å²) < 4.78 is 47.8. The Morgan fingerprint density at radius 1 is 1.13 bits per heavy atom. The van der Waals surface area contributed by atoms with Crippen LogP contribution >= 0.6 is 23.2 Å². The molecule has 2 fully saturated rings. The number of benzene rings is 2. The highest BCUT2D eigenvalue weighted by atomic mass is 35.5. The van der Waals surface area contributed by atoms with Gasteiger partial charge in [-0.3, -0.25) is 4.79 Å². The van der Waals surface area contributed by atoms with E-state index in [4.69, 9.17) is 27.9 Å². The average Bonchev–Trinajstić information content (AvgIpc) is 3.36. The summed E-state index contributed by atoms with van der Waals surface area (Å²) in [6.45, 7) is 1.62. The number of imidazole rings is 1. The standard InChI is InChI=1S/C27H28Cl2FN3O4S/c28-20-7-10-24(25(29)12-20)26(34)32(14-18-3-4-18)15-22-13-31-27(33(22)16-23-2-1-11-37-23)38(35,36)17-19-5-8-21(30)9-6-19/h5-10,12-13,18,23H,1-4,11,14-17H2/t23-/m1/s1. The third kappa shape index (κ3) is 6.39. The number of hydrogen-bond donors (Lipinski definition) is 0. The van der Waals surface area contributed by atoms with Gasteiger partial charge in [0.15, 0.2) is 0 Å². The zero-order valence-corrected chi connectivity index (χ0v) is 23.0. The molecule has 1 amide bonds. The molecular formula is C27H28Cl2FN3O4S. The van der Waals surface area contributed by atoms with Crippen LogP contribution < -0.4 is 0 Å². The first-order valence-corrected chi connectivity index (χ1v) is 15.0. The average molecular weight is 581 g/mol. The lowest BCUT2D eigenvalue weighted by molar-refractivity contribution is 0.0723. The molecule has 0 radical (unpaired) electrons. The number of sulfone groups is 1. The second kappa shape index (κ2) is 11.3. The van der Waals surface area contributed by atoms with Crippen molar-refractivity contribution in [3.05, 3.63) is 81.3 Å². The summed E-state index contributed by atoms with van der Waals surface area (Å²) in [7, 11) is -3.87. The van der Waals surface area contributed by atoms with Crippen molar-refractivity contribution in [3.8, 4) is 0 Å². The van der Waals surface area contributed by atoms with Crippen LogP contribution in [-0.4, -0.2) is 48.0 Å². The van der Waals surface area contributed by atoms with Gasteiger partial charge in [0.1, 0.15) is 5.82 Å². The summed E-state index contributed by atoms with van der Waals surface area (Å²) >= 11 is 12.4. The monoisotopic (exact) mass is 579 g/mol. The molecule has 0 bridgehead atoms. The van der Waals surface area contributed by atoms with E-state index in [0.29, 0.717) is 47.5 Å². The van der Waals surface area contributed by atoms with E-state index in [-0.39, 0.29) is 34.5 Å². The Balaban J connectivity index is 1.47. The number of rotatable bonds is 10. The number of carbonyl (C=O) groups excluding carboxylic acids is 1. The van der Waals surface area contributed by atoms with E-state index in [1.54, 1.807) is 21.6 Å². The van der Waals surface area contributed by atoms with Crippen LogP contribution in [0.4, 0.5) is 4.39 Å².